The standard InChI is InChI=1S/C17H14F4O2/c1-9(18)5-6-12-11(3-2-4-13(12)17(22)23)10-7-14(19)16(21)15(20)8-10/h2-4,7-9H,5-6H2,1H3,(H,22,23). The summed E-state index contributed by atoms with van der Waals surface area (Å²) >= 11 is 0. The molecule has 0 aliphatic carbocycles. The number of aromatic carboxylic acids is 1. The maximum Gasteiger partial charge on any atom is 0.335 e. The van der Waals surface area contributed by atoms with Crippen molar-refractivity contribution in [1.82, 2.24) is 0 Å². The molecule has 1 N–H and O–H groups in total. The molecule has 0 saturated carbocycles. The molecule has 0 bridgehead atoms. The number of alkyl halides is 1. The Bertz CT molecular complexity index is 718. The molecule has 23 heavy (non-hydrogen) atoms. The lowest BCUT2D eigenvalue weighted by molar-refractivity contribution is 0.0695. The van der Waals surface area contributed by atoms with Gasteiger partial charge in [0.25, 0.3) is 0 Å². The third-order valence-corrected chi connectivity index (χ3v) is 3.49. The van der Waals surface area contributed by atoms with Gasteiger partial charge in [0.2, 0.25) is 0 Å². The molecule has 2 aromatic carbocycles. The first kappa shape index (κ1) is 17.0. The molecule has 0 saturated heterocycles. The minimum atomic E-state index is -1.60. The number of hydrogen-bond donors (Lipinski definition) is 1. The number of rotatable bonds is 5. The zero-order valence-electron chi connectivity index (χ0n) is 12.2. The van der Waals surface area contributed by atoms with E-state index in [-0.39, 0.29) is 35.1 Å². The van der Waals surface area contributed by atoms with Gasteiger partial charge in [-0.05, 0) is 54.7 Å². The van der Waals surface area contributed by atoms with Crippen molar-refractivity contribution in [3.05, 3.63) is 58.9 Å². The molecule has 122 valence electrons. The second kappa shape index (κ2) is 6.81. The van der Waals surface area contributed by atoms with Gasteiger partial charge in [-0.2, -0.15) is 0 Å². The van der Waals surface area contributed by atoms with Gasteiger partial charge < -0.3 is 5.11 Å². The van der Waals surface area contributed by atoms with Crippen LogP contribution < -0.4 is 0 Å². The maximum absolute atomic E-state index is 13.4. The van der Waals surface area contributed by atoms with Crippen molar-refractivity contribution >= 4 is 5.97 Å². The lowest BCUT2D eigenvalue weighted by atomic mass is 9.91. The first-order chi connectivity index (χ1) is 10.8. The highest BCUT2D eigenvalue weighted by molar-refractivity contribution is 5.92. The molecule has 0 radical (unpaired) electrons. The molecule has 2 aromatic rings. The van der Waals surface area contributed by atoms with Crippen LogP contribution >= 0.6 is 0 Å². The van der Waals surface area contributed by atoms with Crippen LogP contribution in [0.2, 0.25) is 0 Å². The molecule has 1 unspecified atom stereocenters. The van der Waals surface area contributed by atoms with E-state index >= 15 is 0 Å². The molecule has 0 aromatic heterocycles. The summed E-state index contributed by atoms with van der Waals surface area (Å²) < 4.78 is 53.1. The molecular formula is C17H14F4O2. The normalized spacial score (nSPS) is 12.2. The second-order valence-electron chi connectivity index (χ2n) is 5.21. The van der Waals surface area contributed by atoms with E-state index in [0.29, 0.717) is 0 Å². The van der Waals surface area contributed by atoms with Crippen LogP contribution in [0.5, 0.6) is 0 Å². The van der Waals surface area contributed by atoms with E-state index in [1.54, 1.807) is 0 Å². The summed E-state index contributed by atoms with van der Waals surface area (Å²) in [6.45, 7) is 1.33. The van der Waals surface area contributed by atoms with E-state index in [2.05, 4.69) is 0 Å². The number of benzene rings is 2. The highest BCUT2D eigenvalue weighted by atomic mass is 19.2. The van der Waals surface area contributed by atoms with Crippen molar-refractivity contribution in [2.45, 2.75) is 25.9 Å². The van der Waals surface area contributed by atoms with E-state index in [0.717, 1.165) is 12.1 Å². The Labute approximate surface area is 130 Å². The lowest BCUT2D eigenvalue weighted by Gasteiger charge is -2.14. The summed E-state index contributed by atoms with van der Waals surface area (Å²) in [6.07, 6.45) is -1.02. The fourth-order valence-electron chi connectivity index (χ4n) is 2.38. The fraction of sp³-hybridized carbons (Fsp3) is 0.235. The lowest BCUT2D eigenvalue weighted by Crippen LogP contribution is -2.07. The molecule has 2 nitrogen and oxygen atoms in total. The van der Waals surface area contributed by atoms with Gasteiger partial charge in [0.15, 0.2) is 17.5 Å². The predicted octanol–water partition coefficient (Wildman–Crippen LogP) is 4.76. The first-order valence-corrected chi connectivity index (χ1v) is 6.95. The van der Waals surface area contributed by atoms with Crippen LogP contribution in [0, 0.1) is 17.5 Å². The van der Waals surface area contributed by atoms with Crippen molar-refractivity contribution < 1.29 is 27.5 Å². The zero-order valence-corrected chi connectivity index (χ0v) is 12.2. The number of halogens is 4. The summed E-state index contributed by atoms with van der Waals surface area (Å²) in [5.74, 6) is -5.56. The van der Waals surface area contributed by atoms with Crippen LogP contribution in [-0.2, 0) is 6.42 Å². The molecule has 0 fully saturated rings. The van der Waals surface area contributed by atoms with Gasteiger partial charge in [-0.25, -0.2) is 22.4 Å². The van der Waals surface area contributed by atoms with E-state index in [1.807, 2.05) is 0 Å². The zero-order chi connectivity index (χ0) is 17.1. The summed E-state index contributed by atoms with van der Waals surface area (Å²) in [4.78, 5) is 11.3. The van der Waals surface area contributed by atoms with Crippen LogP contribution in [0.3, 0.4) is 0 Å². The Morgan fingerprint density at radius 3 is 2.30 bits per heavy atom. The number of carboxylic acids is 1. The fourth-order valence-corrected chi connectivity index (χ4v) is 2.38. The monoisotopic (exact) mass is 326 g/mol. The Morgan fingerprint density at radius 1 is 1.17 bits per heavy atom. The largest absolute Gasteiger partial charge is 0.478 e. The van der Waals surface area contributed by atoms with E-state index < -0.39 is 29.6 Å². The van der Waals surface area contributed by atoms with Crippen molar-refractivity contribution in [2.75, 3.05) is 0 Å². The van der Waals surface area contributed by atoms with E-state index in [4.69, 9.17) is 0 Å². The highest BCUT2D eigenvalue weighted by Gasteiger charge is 2.18. The van der Waals surface area contributed by atoms with Crippen LogP contribution in [0.1, 0.15) is 29.3 Å². The summed E-state index contributed by atoms with van der Waals surface area (Å²) in [6, 6.07) is 5.81. The highest BCUT2D eigenvalue weighted by Crippen LogP contribution is 2.30. The second-order valence-corrected chi connectivity index (χ2v) is 5.21. The predicted molar refractivity (Wildman–Crippen MR) is 77.6 cm³/mol. The van der Waals surface area contributed by atoms with Crippen LogP contribution in [-0.4, -0.2) is 17.2 Å². The van der Waals surface area contributed by atoms with Gasteiger partial charge in [0.1, 0.15) is 0 Å². The Hall–Kier alpha value is -2.37. The third-order valence-electron chi connectivity index (χ3n) is 3.49. The van der Waals surface area contributed by atoms with Crippen molar-refractivity contribution in [2.24, 2.45) is 0 Å². The molecule has 0 heterocycles. The van der Waals surface area contributed by atoms with Crippen LogP contribution in [0.15, 0.2) is 30.3 Å². The van der Waals surface area contributed by atoms with Crippen molar-refractivity contribution in [3.8, 4) is 11.1 Å². The van der Waals surface area contributed by atoms with E-state index in [1.165, 1.54) is 25.1 Å². The number of carbonyl (C=O) groups is 1. The van der Waals surface area contributed by atoms with Gasteiger partial charge in [0, 0.05) is 0 Å². The van der Waals surface area contributed by atoms with Gasteiger partial charge in [-0.1, -0.05) is 12.1 Å². The van der Waals surface area contributed by atoms with Crippen LogP contribution in [0.25, 0.3) is 11.1 Å². The van der Waals surface area contributed by atoms with Gasteiger partial charge in [-0.15, -0.1) is 0 Å². The summed E-state index contributed by atoms with van der Waals surface area (Å²) in [5.41, 5.74) is 0.428. The number of carboxylic acid groups (broad SMARTS) is 1. The Morgan fingerprint density at radius 2 is 1.78 bits per heavy atom. The molecule has 6 heteroatoms. The average molecular weight is 326 g/mol. The molecule has 2 rings (SSSR count). The van der Waals surface area contributed by atoms with Crippen molar-refractivity contribution in [3.63, 3.8) is 0 Å². The van der Waals surface area contributed by atoms with Gasteiger partial charge in [0.05, 0.1) is 11.7 Å². The summed E-state index contributed by atoms with van der Waals surface area (Å²) in [5, 5.41) is 9.25. The van der Waals surface area contributed by atoms with Gasteiger partial charge >= 0.3 is 5.97 Å². The summed E-state index contributed by atoms with van der Waals surface area (Å²) in [7, 11) is 0. The molecule has 0 aliphatic heterocycles. The number of hydrogen-bond acceptors (Lipinski definition) is 1. The molecule has 0 amide bonds. The van der Waals surface area contributed by atoms with Gasteiger partial charge in [-0.3, -0.25) is 0 Å². The minimum Gasteiger partial charge on any atom is -0.478 e. The topological polar surface area (TPSA) is 37.3 Å². The average Bonchev–Trinajstić information content (AvgIpc) is 2.49. The third kappa shape index (κ3) is 3.70. The van der Waals surface area contributed by atoms with E-state index in [9.17, 15) is 27.5 Å². The maximum atomic E-state index is 13.4. The molecule has 0 aliphatic rings. The Balaban J connectivity index is 2.61. The molecular weight excluding hydrogens is 312 g/mol. The quantitative estimate of drug-likeness (QED) is 0.635. The minimum absolute atomic E-state index is 0.00557. The smallest absolute Gasteiger partial charge is 0.335 e. The Kier molecular flexibility index (Phi) is 5.03. The molecule has 1 atom stereocenters. The van der Waals surface area contributed by atoms with Crippen molar-refractivity contribution in [1.29, 1.82) is 0 Å². The molecule has 0 spiro atoms. The van der Waals surface area contributed by atoms with Crippen LogP contribution in [0.4, 0.5) is 17.6 Å². The SMILES string of the molecule is CC(F)CCc1c(C(=O)O)cccc1-c1cc(F)c(F)c(F)c1. The first-order valence-electron chi connectivity index (χ1n) is 6.95.